The third kappa shape index (κ3) is 2.04. The van der Waals surface area contributed by atoms with Gasteiger partial charge < -0.3 is 4.42 Å². The zero-order valence-corrected chi connectivity index (χ0v) is 10.6. The Balaban J connectivity index is 3.51. The predicted octanol–water partition coefficient (Wildman–Crippen LogP) is 4.93. The van der Waals surface area contributed by atoms with Gasteiger partial charge in [-0.25, -0.2) is 0 Å². The van der Waals surface area contributed by atoms with E-state index in [4.69, 9.17) is 4.42 Å². The van der Waals surface area contributed by atoms with Crippen LogP contribution < -0.4 is 0 Å². The van der Waals surface area contributed by atoms with Crippen molar-refractivity contribution < 1.29 is 4.42 Å². The summed E-state index contributed by atoms with van der Waals surface area (Å²) < 4.78 is 5.69. The van der Waals surface area contributed by atoms with Crippen LogP contribution in [0.4, 0.5) is 0 Å². The van der Waals surface area contributed by atoms with E-state index in [0.29, 0.717) is 5.92 Å². The molecule has 0 aromatic carbocycles. The molecule has 0 aliphatic carbocycles. The lowest BCUT2D eigenvalue weighted by molar-refractivity contribution is 0.523. The number of allylic oxidation sites excluding steroid dienone is 2. The summed E-state index contributed by atoms with van der Waals surface area (Å²) in [7, 11) is 0. The molecule has 0 fully saturated rings. The standard InChI is InChI=1S/C15H20O/c1-7-12(10(4)5)15-13(8-2)11(6)16-14(15)9-3/h7-10H,2-3H2,1,4-6H3/b12-7-. The van der Waals surface area contributed by atoms with Crippen molar-refractivity contribution >= 4 is 17.7 Å². The third-order valence-corrected chi connectivity index (χ3v) is 2.77. The lowest BCUT2D eigenvalue weighted by Crippen LogP contribution is -1.95. The van der Waals surface area contributed by atoms with Crippen molar-refractivity contribution in [3.05, 3.63) is 41.9 Å². The molecule has 16 heavy (non-hydrogen) atoms. The summed E-state index contributed by atoms with van der Waals surface area (Å²) in [6.45, 7) is 16.0. The second kappa shape index (κ2) is 5.02. The second-order valence-corrected chi connectivity index (χ2v) is 4.12. The molecule has 0 amide bonds. The van der Waals surface area contributed by atoms with Gasteiger partial charge in [0, 0.05) is 11.1 Å². The fourth-order valence-electron chi connectivity index (χ4n) is 2.03. The number of aryl methyl sites for hydroxylation is 1. The molecule has 0 N–H and O–H groups in total. The molecule has 0 aliphatic heterocycles. The summed E-state index contributed by atoms with van der Waals surface area (Å²) >= 11 is 0. The van der Waals surface area contributed by atoms with Crippen LogP contribution in [-0.4, -0.2) is 0 Å². The molecule has 0 saturated carbocycles. The second-order valence-electron chi connectivity index (χ2n) is 4.12. The van der Waals surface area contributed by atoms with Crippen molar-refractivity contribution in [3.8, 4) is 0 Å². The minimum Gasteiger partial charge on any atom is -0.461 e. The fourth-order valence-corrected chi connectivity index (χ4v) is 2.03. The number of furan rings is 1. The van der Waals surface area contributed by atoms with Crippen molar-refractivity contribution in [3.63, 3.8) is 0 Å². The van der Waals surface area contributed by atoms with Crippen molar-refractivity contribution in [2.45, 2.75) is 27.7 Å². The fraction of sp³-hybridized carbons (Fsp3) is 0.333. The van der Waals surface area contributed by atoms with Gasteiger partial charge in [0.15, 0.2) is 0 Å². The first-order valence-electron chi connectivity index (χ1n) is 5.61. The summed E-state index contributed by atoms with van der Waals surface area (Å²) in [6, 6.07) is 0. The van der Waals surface area contributed by atoms with Gasteiger partial charge in [-0.15, -0.1) is 0 Å². The summed E-state index contributed by atoms with van der Waals surface area (Å²) in [6.07, 6.45) is 5.75. The minimum absolute atomic E-state index is 0.458. The molecule has 1 heterocycles. The van der Waals surface area contributed by atoms with Crippen LogP contribution in [0.2, 0.25) is 0 Å². The van der Waals surface area contributed by atoms with E-state index in [-0.39, 0.29) is 0 Å². The van der Waals surface area contributed by atoms with Crippen LogP contribution in [0, 0.1) is 12.8 Å². The van der Waals surface area contributed by atoms with Gasteiger partial charge >= 0.3 is 0 Å². The molecular formula is C15H20O. The van der Waals surface area contributed by atoms with E-state index < -0.39 is 0 Å². The molecular weight excluding hydrogens is 196 g/mol. The molecule has 0 saturated heterocycles. The van der Waals surface area contributed by atoms with E-state index in [1.807, 2.05) is 13.0 Å². The zero-order chi connectivity index (χ0) is 12.3. The summed E-state index contributed by atoms with van der Waals surface area (Å²) in [4.78, 5) is 0. The van der Waals surface area contributed by atoms with Gasteiger partial charge in [0.25, 0.3) is 0 Å². The van der Waals surface area contributed by atoms with Crippen molar-refractivity contribution in [2.24, 2.45) is 5.92 Å². The molecule has 0 spiro atoms. The largest absolute Gasteiger partial charge is 0.461 e. The Hall–Kier alpha value is -1.50. The number of rotatable bonds is 4. The molecule has 1 aromatic rings. The van der Waals surface area contributed by atoms with Crippen LogP contribution in [-0.2, 0) is 0 Å². The lowest BCUT2D eigenvalue weighted by Gasteiger charge is -2.11. The van der Waals surface area contributed by atoms with Gasteiger partial charge in [-0.1, -0.05) is 39.2 Å². The molecule has 0 aliphatic rings. The SMILES string of the molecule is C=Cc1oc(C)c(C=C)c1/C(=C\C)C(C)C. The molecule has 1 nitrogen and oxygen atoms in total. The van der Waals surface area contributed by atoms with E-state index in [1.54, 1.807) is 6.08 Å². The highest BCUT2D eigenvalue weighted by Crippen LogP contribution is 2.34. The van der Waals surface area contributed by atoms with Crippen LogP contribution in [0.25, 0.3) is 17.7 Å². The molecule has 0 unspecified atom stereocenters. The zero-order valence-electron chi connectivity index (χ0n) is 10.6. The van der Waals surface area contributed by atoms with Gasteiger partial charge in [0.2, 0.25) is 0 Å². The minimum atomic E-state index is 0.458. The first-order valence-corrected chi connectivity index (χ1v) is 5.61. The molecule has 1 rings (SSSR count). The average Bonchev–Trinajstić information content (AvgIpc) is 2.55. The van der Waals surface area contributed by atoms with E-state index >= 15 is 0 Å². The van der Waals surface area contributed by atoms with Crippen LogP contribution in [0.1, 0.15) is 43.4 Å². The highest BCUT2D eigenvalue weighted by atomic mass is 16.3. The number of hydrogen-bond donors (Lipinski definition) is 0. The first kappa shape index (κ1) is 12.6. The van der Waals surface area contributed by atoms with E-state index in [9.17, 15) is 0 Å². The topological polar surface area (TPSA) is 13.1 Å². The lowest BCUT2D eigenvalue weighted by atomic mass is 9.91. The van der Waals surface area contributed by atoms with Gasteiger partial charge in [0.05, 0.1) is 0 Å². The van der Waals surface area contributed by atoms with Crippen LogP contribution in [0.5, 0.6) is 0 Å². The summed E-state index contributed by atoms with van der Waals surface area (Å²) in [5, 5.41) is 0. The predicted molar refractivity (Wildman–Crippen MR) is 72.1 cm³/mol. The highest BCUT2D eigenvalue weighted by molar-refractivity contribution is 5.80. The molecule has 1 heteroatoms. The quantitative estimate of drug-likeness (QED) is 0.695. The van der Waals surface area contributed by atoms with Gasteiger partial charge in [0.1, 0.15) is 11.5 Å². The first-order chi connectivity index (χ1) is 7.56. The van der Waals surface area contributed by atoms with Crippen LogP contribution in [0.3, 0.4) is 0 Å². The average molecular weight is 216 g/mol. The summed E-state index contributed by atoms with van der Waals surface area (Å²) in [5.41, 5.74) is 3.50. The molecule has 0 bridgehead atoms. The smallest absolute Gasteiger partial charge is 0.134 e. The molecule has 0 atom stereocenters. The Morgan fingerprint density at radius 2 is 1.88 bits per heavy atom. The van der Waals surface area contributed by atoms with Crippen molar-refractivity contribution in [2.75, 3.05) is 0 Å². The van der Waals surface area contributed by atoms with E-state index in [0.717, 1.165) is 22.6 Å². The molecule has 0 radical (unpaired) electrons. The van der Waals surface area contributed by atoms with Gasteiger partial charge in [-0.05, 0) is 31.4 Å². The number of hydrogen-bond acceptors (Lipinski definition) is 1. The Bertz CT molecular complexity index is 431. The maximum absolute atomic E-state index is 5.69. The van der Waals surface area contributed by atoms with Gasteiger partial charge in [-0.3, -0.25) is 0 Å². The van der Waals surface area contributed by atoms with Gasteiger partial charge in [-0.2, -0.15) is 0 Å². The normalized spacial score (nSPS) is 11.9. The Labute approximate surface area is 98.2 Å². The molecule has 1 aromatic heterocycles. The Morgan fingerprint density at radius 3 is 2.25 bits per heavy atom. The summed E-state index contributed by atoms with van der Waals surface area (Å²) in [5.74, 6) is 2.20. The van der Waals surface area contributed by atoms with Crippen molar-refractivity contribution in [1.82, 2.24) is 0 Å². The van der Waals surface area contributed by atoms with E-state index in [2.05, 4.69) is 40.0 Å². The third-order valence-electron chi connectivity index (χ3n) is 2.77. The highest BCUT2D eigenvalue weighted by Gasteiger charge is 2.18. The maximum atomic E-state index is 5.69. The van der Waals surface area contributed by atoms with Crippen molar-refractivity contribution in [1.29, 1.82) is 0 Å². The molecule has 86 valence electrons. The Kier molecular flexibility index (Phi) is 3.94. The van der Waals surface area contributed by atoms with Crippen LogP contribution in [0.15, 0.2) is 23.7 Å². The Morgan fingerprint density at radius 1 is 1.25 bits per heavy atom. The monoisotopic (exact) mass is 216 g/mol. The van der Waals surface area contributed by atoms with Crippen LogP contribution >= 0.6 is 0 Å². The van der Waals surface area contributed by atoms with E-state index in [1.165, 1.54) is 5.57 Å². The maximum Gasteiger partial charge on any atom is 0.134 e.